The zero-order valence-corrected chi connectivity index (χ0v) is 16.1. The molecule has 6 nitrogen and oxygen atoms in total. The average Bonchev–Trinajstić information content (AvgIpc) is 3.32. The van der Waals surface area contributed by atoms with Gasteiger partial charge in [-0.25, -0.2) is 4.98 Å². The molecule has 1 fully saturated rings. The first kappa shape index (κ1) is 16.8. The fourth-order valence-electron chi connectivity index (χ4n) is 4.04. The van der Waals surface area contributed by atoms with E-state index in [2.05, 4.69) is 27.0 Å². The molecule has 1 atom stereocenters. The van der Waals surface area contributed by atoms with Crippen molar-refractivity contribution in [3.63, 3.8) is 0 Å². The van der Waals surface area contributed by atoms with Gasteiger partial charge in [-0.2, -0.15) is 0 Å². The number of aromatic nitrogens is 2. The van der Waals surface area contributed by atoms with Crippen LogP contribution in [0.2, 0.25) is 0 Å². The Morgan fingerprint density at radius 2 is 2.15 bits per heavy atom. The number of morpholine rings is 1. The molecule has 1 unspecified atom stereocenters. The van der Waals surface area contributed by atoms with Crippen molar-refractivity contribution in [2.24, 2.45) is 7.05 Å². The van der Waals surface area contributed by atoms with Crippen LogP contribution in [0.5, 0.6) is 0 Å². The second-order valence-electron chi connectivity index (χ2n) is 7.14. The number of anilines is 1. The van der Waals surface area contributed by atoms with Crippen molar-refractivity contribution in [1.82, 2.24) is 14.5 Å². The summed E-state index contributed by atoms with van der Waals surface area (Å²) in [6.45, 7) is 3.30. The van der Waals surface area contributed by atoms with E-state index in [1.54, 1.807) is 11.3 Å². The van der Waals surface area contributed by atoms with Gasteiger partial charge in [-0.05, 0) is 35.6 Å². The lowest BCUT2D eigenvalue weighted by atomic mass is 10.1. The van der Waals surface area contributed by atoms with E-state index < -0.39 is 6.10 Å². The zero-order valence-electron chi connectivity index (χ0n) is 15.3. The second kappa shape index (κ2) is 6.65. The molecule has 2 aliphatic heterocycles. The van der Waals surface area contributed by atoms with Crippen molar-refractivity contribution < 1.29 is 9.53 Å². The summed E-state index contributed by atoms with van der Waals surface area (Å²) < 4.78 is 7.96. The molecule has 2 aliphatic rings. The van der Waals surface area contributed by atoms with E-state index in [-0.39, 0.29) is 5.91 Å². The molecule has 1 amide bonds. The van der Waals surface area contributed by atoms with Gasteiger partial charge in [0.2, 0.25) is 5.95 Å². The SMILES string of the molecule is Cn1c(N2CCOC(C(=O)N3CCc4sccc4C3)C2)nc2ccccc21. The lowest BCUT2D eigenvalue weighted by Gasteiger charge is -2.36. The Labute approximate surface area is 162 Å². The van der Waals surface area contributed by atoms with Gasteiger partial charge < -0.3 is 19.1 Å². The third-order valence-electron chi connectivity index (χ3n) is 5.51. The van der Waals surface area contributed by atoms with Crippen LogP contribution in [0, 0.1) is 0 Å². The monoisotopic (exact) mass is 382 g/mol. The molecule has 27 heavy (non-hydrogen) atoms. The number of ether oxygens (including phenoxy) is 1. The van der Waals surface area contributed by atoms with E-state index in [1.807, 2.05) is 30.1 Å². The molecule has 0 aliphatic carbocycles. The van der Waals surface area contributed by atoms with Crippen LogP contribution in [0.4, 0.5) is 5.95 Å². The van der Waals surface area contributed by atoms with Gasteiger partial charge in [0, 0.05) is 31.6 Å². The van der Waals surface area contributed by atoms with Crippen LogP contribution < -0.4 is 4.90 Å². The summed E-state index contributed by atoms with van der Waals surface area (Å²) in [5.41, 5.74) is 3.36. The van der Waals surface area contributed by atoms with Crippen molar-refractivity contribution in [2.75, 3.05) is 31.1 Å². The van der Waals surface area contributed by atoms with Gasteiger partial charge in [0.15, 0.2) is 6.10 Å². The highest BCUT2D eigenvalue weighted by molar-refractivity contribution is 7.10. The highest BCUT2D eigenvalue weighted by atomic mass is 32.1. The summed E-state index contributed by atoms with van der Waals surface area (Å²) in [7, 11) is 2.03. The minimum absolute atomic E-state index is 0.0929. The fraction of sp³-hybridized carbons (Fsp3) is 0.400. The van der Waals surface area contributed by atoms with Crippen LogP contribution in [0.25, 0.3) is 11.0 Å². The van der Waals surface area contributed by atoms with Gasteiger partial charge in [-0.3, -0.25) is 4.79 Å². The van der Waals surface area contributed by atoms with Gasteiger partial charge in [-0.1, -0.05) is 12.1 Å². The molecular formula is C20H22N4O2S. The first-order chi connectivity index (χ1) is 13.2. The number of rotatable bonds is 2. The van der Waals surface area contributed by atoms with Crippen LogP contribution in [0.3, 0.4) is 0 Å². The molecule has 1 aromatic carbocycles. The fourth-order valence-corrected chi connectivity index (χ4v) is 4.93. The number of nitrogens with zero attached hydrogens (tertiary/aromatic N) is 4. The van der Waals surface area contributed by atoms with Crippen molar-refractivity contribution in [3.05, 3.63) is 46.2 Å². The highest BCUT2D eigenvalue weighted by Gasteiger charge is 2.33. The summed E-state index contributed by atoms with van der Waals surface area (Å²) in [6.07, 6.45) is 0.513. The maximum Gasteiger partial charge on any atom is 0.253 e. The van der Waals surface area contributed by atoms with Crippen LogP contribution in [0.1, 0.15) is 10.4 Å². The first-order valence-electron chi connectivity index (χ1n) is 9.33. The van der Waals surface area contributed by atoms with E-state index in [1.165, 1.54) is 10.4 Å². The molecule has 7 heteroatoms. The van der Waals surface area contributed by atoms with Crippen molar-refractivity contribution in [1.29, 1.82) is 0 Å². The predicted octanol–water partition coefficient (Wildman–Crippen LogP) is 2.42. The normalized spacial score (nSPS) is 20.1. The van der Waals surface area contributed by atoms with Crippen molar-refractivity contribution in [3.8, 4) is 0 Å². The Hall–Kier alpha value is -2.38. The number of imidazole rings is 1. The smallest absolute Gasteiger partial charge is 0.253 e. The molecule has 0 radical (unpaired) electrons. The number of amides is 1. The number of fused-ring (bicyclic) bond motifs is 2. The number of aryl methyl sites for hydroxylation is 1. The van der Waals surface area contributed by atoms with E-state index in [9.17, 15) is 4.79 Å². The summed E-state index contributed by atoms with van der Waals surface area (Å²) >= 11 is 1.79. The molecule has 0 saturated carbocycles. The van der Waals surface area contributed by atoms with Crippen LogP contribution in [0.15, 0.2) is 35.7 Å². The summed E-state index contributed by atoms with van der Waals surface area (Å²) in [5.74, 6) is 0.992. The molecular weight excluding hydrogens is 360 g/mol. The standard InChI is InChI=1S/C20H22N4O2S/c1-22-16-5-3-2-4-15(16)21-20(22)24-9-10-26-17(13-24)19(25)23-8-6-18-14(12-23)7-11-27-18/h2-5,7,11,17H,6,8-10,12-13H2,1H3. The van der Waals surface area contributed by atoms with Crippen LogP contribution >= 0.6 is 11.3 Å². The minimum Gasteiger partial charge on any atom is -0.365 e. The molecule has 5 rings (SSSR count). The minimum atomic E-state index is -0.432. The average molecular weight is 382 g/mol. The number of hydrogen-bond acceptors (Lipinski definition) is 5. The van der Waals surface area contributed by atoms with E-state index in [0.717, 1.165) is 36.5 Å². The number of carbonyl (C=O) groups excluding carboxylic acids is 1. The van der Waals surface area contributed by atoms with E-state index >= 15 is 0 Å². The Morgan fingerprint density at radius 3 is 3.04 bits per heavy atom. The molecule has 0 spiro atoms. The Bertz CT molecular complexity index is 995. The molecule has 4 heterocycles. The number of carbonyl (C=O) groups is 1. The van der Waals surface area contributed by atoms with E-state index in [0.29, 0.717) is 19.7 Å². The van der Waals surface area contributed by atoms with Crippen molar-refractivity contribution >= 4 is 34.2 Å². The topological polar surface area (TPSA) is 50.6 Å². The van der Waals surface area contributed by atoms with E-state index in [4.69, 9.17) is 9.72 Å². The molecule has 140 valence electrons. The molecule has 1 saturated heterocycles. The third-order valence-corrected chi connectivity index (χ3v) is 6.53. The van der Waals surface area contributed by atoms with Gasteiger partial charge in [0.05, 0.1) is 24.2 Å². The molecule has 2 aromatic heterocycles. The Morgan fingerprint density at radius 1 is 1.26 bits per heavy atom. The molecule has 0 bridgehead atoms. The Kier molecular flexibility index (Phi) is 4.13. The predicted molar refractivity (Wildman–Crippen MR) is 106 cm³/mol. The molecule has 0 N–H and O–H groups in total. The summed E-state index contributed by atoms with van der Waals surface area (Å²) in [6, 6.07) is 10.2. The maximum absolute atomic E-state index is 13.1. The van der Waals surface area contributed by atoms with Gasteiger partial charge >= 0.3 is 0 Å². The number of para-hydroxylation sites is 2. The lowest BCUT2D eigenvalue weighted by molar-refractivity contribution is -0.145. The number of thiophene rings is 1. The zero-order chi connectivity index (χ0) is 18.4. The molecule has 3 aromatic rings. The first-order valence-corrected chi connectivity index (χ1v) is 10.2. The third kappa shape index (κ3) is 2.91. The number of benzene rings is 1. The van der Waals surface area contributed by atoms with Gasteiger partial charge in [0.25, 0.3) is 5.91 Å². The maximum atomic E-state index is 13.1. The van der Waals surface area contributed by atoms with Crippen LogP contribution in [-0.2, 0) is 29.5 Å². The largest absolute Gasteiger partial charge is 0.365 e. The van der Waals surface area contributed by atoms with Gasteiger partial charge in [-0.15, -0.1) is 11.3 Å². The van der Waals surface area contributed by atoms with Gasteiger partial charge in [0.1, 0.15) is 0 Å². The lowest BCUT2D eigenvalue weighted by Crippen LogP contribution is -2.52. The van der Waals surface area contributed by atoms with Crippen LogP contribution in [-0.4, -0.2) is 52.7 Å². The Balaban J connectivity index is 1.35. The van der Waals surface area contributed by atoms with Crippen molar-refractivity contribution in [2.45, 2.75) is 19.1 Å². The second-order valence-corrected chi connectivity index (χ2v) is 8.14. The summed E-state index contributed by atoms with van der Waals surface area (Å²) in [5, 5.41) is 2.11. The quantitative estimate of drug-likeness (QED) is 0.683. The highest BCUT2D eigenvalue weighted by Crippen LogP contribution is 2.26. The summed E-state index contributed by atoms with van der Waals surface area (Å²) in [4.78, 5) is 23.4. The number of hydrogen-bond donors (Lipinski definition) is 0.